The molecule has 0 aromatic rings. The molecule has 0 unspecified atom stereocenters. The molecule has 5 heteroatoms. The SMILES string of the molecule is CCCO/C(C(=O)O)=C(\CC)C(=O)O. The number of carboxylic acids is 2. The summed E-state index contributed by atoms with van der Waals surface area (Å²) in [6, 6.07) is 0. The molecule has 0 aliphatic rings. The summed E-state index contributed by atoms with van der Waals surface area (Å²) in [4.78, 5) is 21.3. The Labute approximate surface area is 82.0 Å². The van der Waals surface area contributed by atoms with Crippen LogP contribution in [0.15, 0.2) is 11.3 Å². The normalized spacial score (nSPS) is 11.9. The monoisotopic (exact) mass is 202 g/mol. The van der Waals surface area contributed by atoms with Crippen molar-refractivity contribution in [2.24, 2.45) is 0 Å². The van der Waals surface area contributed by atoms with Gasteiger partial charge in [-0.25, -0.2) is 9.59 Å². The summed E-state index contributed by atoms with van der Waals surface area (Å²) < 4.78 is 4.87. The standard InChI is InChI=1S/C9H14O5/c1-3-5-14-7(9(12)13)6(4-2)8(10)11/h3-5H2,1-2H3,(H,10,11)(H,12,13)/b7-6+. The van der Waals surface area contributed by atoms with Crippen molar-refractivity contribution >= 4 is 11.9 Å². The lowest BCUT2D eigenvalue weighted by Crippen LogP contribution is -2.14. The highest BCUT2D eigenvalue weighted by Gasteiger charge is 2.19. The highest BCUT2D eigenvalue weighted by molar-refractivity contribution is 5.97. The topological polar surface area (TPSA) is 83.8 Å². The average molecular weight is 202 g/mol. The lowest BCUT2D eigenvalue weighted by atomic mass is 10.2. The fourth-order valence-electron chi connectivity index (χ4n) is 0.891. The zero-order valence-electron chi connectivity index (χ0n) is 8.24. The van der Waals surface area contributed by atoms with Gasteiger partial charge in [-0.1, -0.05) is 13.8 Å². The fourth-order valence-corrected chi connectivity index (χ4v) is 0.891. The van der Waals surface area contributed by atoms with E-state index in [9.17, 15) is 9.59 Å². The maximum absolute atomic E-state index is 10.7. The quantitative estimate of drug-likeness (QED) is 0.500. The van der Waals surface area contributed by atoms with Crippen molar-refractivity contribution in [2.45, 2.75) is 26.7 Å². The Bertz CT molecular complexity index is 254. The van der Waals surface area contributed by atoms with Crippen molar-refractivity contribution in [3.63, 3.8) is 0 Å². The second-order valence-electron chi connectivity index (χ2n) is 2.62. The second-order valence-corrected chi connectivity index (χ2v) is 2.62. The van der Waals surface area contributed by atoms with Crippen molar-refractivity contribution < 1.29 is 24.5 Å². The molecule has 80 valence electrons. The lowest BCUT2D eigenvalue weighted by Gasteiger charge is -2.08. The summed E-state index contributed by atoms with van der Waals surface area (Å²) in [7, 11) is 0. The van der Waals surface area contributed by atoms with Crippen LogP contribution in [0.25, 0.3) is 0 Å². The molecule has 0 atom stereocenters. The van der Waals surface area contributed by atoms with E-state index in [-0.39, 0.29) is 18.6 Å². The smallest absolute Gasteiger partial charge is 0.371 e. The van der Waals surface area contributed by atoms with Crippen molar-refractivity contribution in [3.8, 4) is 0 Å². The van der Waals surface area contributed by atoms with E-state index in [1.165, 1.54) is 0 Å². The van der Waals surface area contributed by atoms with E-state index in [0.717, 1.165) is 0 Å². The number of carboxylic acid groups (broad SMARTS) is 2. The van der Waals surface area contributed by atoms with E-state index in [4.69, 9.17) is 14.9 Å². The Hall–Kier alpha value is -1.52. The maximum Gasteiger partial charge on any atom is 0.371 e. The molecule has 0 aromatic carbocycles. The van der Waals surface area contributed by atoms with Crippen LogP contribution in [0.4, 0.5) is 0 Å². The van der Waals surface area contributed by atoms with Crippen LogP contribution in [-0.4, -0.2) is 28.8 Å². The van der Waals surface area contributed by atoms with Crippen molar-refractivity contribution in [1.29, 1.82) is 0 Å². The molecule has 14 heavy (non-hydrogen) atoms. The molecule has 0 amide bonds. The molecule has 0 radical (unpaired) electrons. The van der Waals surface area contributed by atoms with E-state index in [1.54, 1.807) is 6.92 Å². The van der Waals surface area contributed by atoms with Crippen LogP contribution in [0, 0.1) is 0 Å². The van der Waals surface area contributed by atoms with Gasteiger partial charge in [0.05, 0.1) is 12.2 Å². The van der Waals surface area contributed by atoms with E-state index < -0.39 is 17.7 Å². The van der Waals surface area contributed by atoms with Gasteiger partial charge < -0.3 is 14.9 Å². The summed E-state index contributed by atoms with van der Waals surface area (Å²) in [5.74, 6) is -3.04. The van der Waals surface area contributed by atoms with Crippen molar-refractivity contribution in [3.05, 3.63) is 11.3 Å². The minimum absolute atomic E-state index is 0.126. The van der Waals surface area contributed by atoms with Gasteiger partial charge in [0, 0.05) is 0 Å². The van der Waals surface area contributed by atoms with E-state index >= 15 is 0 Å². The van der Waals surface area contributed by atoms with Crippen LogP contribution < -0.4 is 0 Å². The molecule has 0 saturated heterocycles. The predicted molar refractivity (Wildman–Crippen MR) is 48.8 cm³/mol. The first-order valence-electron chi connectivity index (χ1n) is 4.37. The molecule has 0 fully saturated rings. The van der Waals surface area contributed by atoms with Crippen LogP contribution in [0.5, 0.6) is 0 Å². The van der Waals surface area contributed by atoms with Gasteiger partial charge in [0.2, 0.25) is 5.76 Å². The number of aliphatic carboxylic acids is 2. The number of hydrogen-bond acceptors (Lipinski definition) is 3. The molecule has 0 aliphatic heterocycles. The first kappa shape index (κ1) is 12.5. The average Bonchev–Trinajstić information content (AvgIpc) is 2.10. The Morgan fingerprint density at radius 2 is 1.71 bits per heavy atom. The largest absolute Gasteiger partial charge is 0.486 e. The molecule has 2 N–H and O–H groups in total. The first-order chi connectivity index (χ1) is 6.54. The fraction of sp³-hybridized carbons (Fsp3) is 0.556. The molecular weight excluding hydrogens is 188 g/mol. The summed E-state index contributed by atoms with van der Waals surface area (Å²) in [6.45, 7) is 3.59. The summed E-state index contributed by atoms with van der Waals surface area (Å²) in [5, 5.41) is 17.4. The third kappa shape index (κ3) is 3.47. The molecule has 0 rings (SSSR count). The Kier molecular flexibility index (Phi) is 5.36. The van der Waals surface area contributed by atoms with Crippen LogP contribution in [0.1, 0.15) is 26.7 Å². The minimum atomic E-state index is -1.34. The molecule has 0 aromatic heterocycles. The maximum atomic E-state index is 10.7. The van der Waals surface area contributed by atoms with Crippen LogP contribution in [-0.2, 0) is 14.3 Å². The zero-order valence-corrected chi connectivity index (χ0v) is 8.24. The van der Waals surface area contributed by atoms with Gasteiger partial charge in [0.15, 0.2) is 0 Å². The molecule has 5 nitrogen and oxygen atoms in total. The Morgan fingerprint density at radius 3 is 2.00 bits per heavy atom. The Morgan fingerprint density at radius 1 is 1.14 bits per heavy atom. The van der Waals surface area contributed by atoms with Gasteiger partial charge in [-0.15, -0.1) is 0 Å². The predicted octanol–water partition coefficient (Wildman–Crippen LogP) is 1.25. The lowest BCUT2D eigenvalue weighted by molar-refractivity contribution is -0.139. The molecular formula is C9H14O5. The van der Waals surface area contributed by atoms with Gasteiger partial charge in [0.1, 0.15) is 0 Å². The number of rotatable bonds is 6. The number of hydrogen-bond donors (Lipinski definition) is 2. The van der Waals surface area contributed by atoms with Crippen molar-refractivity contribution in [1.82, 2.24) is 0 Å². The molecule has 0 spiro atoms. The minimum Gasteiger partial charge on any atom is -0.486 e. The molecule has 0 saturated carbocycles. The molecule has 0 aliphatic carbocycles. The summed E-state index contributed by atoms with van der Waals surface area (Å²) >= 11 is 0. The van der Waals surface area contributed by atoms with Crippen LogP contribution in [0.2, 0.25) is 0 Å². The van der Waals surface area contributed by atoms with Crippen molar-refractivity contribution in [2.75, 3.05) is 6.61 Å². The number of ether oxygens (including phenoxy) is 1. The molecule has 0 heterocycles. The van der Waals surface area contributed by atoms with Gasteiger partial charge >= 0.3 is 11.9 Å². The zero-order chi connectivity index (χ0) is 11.1. The van der Waals surface area contributed by atoms with E-state index in [0.29, 0.717) is 6.42 Å². The van der Waals surface area contributed by atoms with Gasteiger partial charge in [0.25, 0.3) is 0 Å². The molecule has 0 bridgehead atoms. The van der Waals surface area contributed by atoms with E-state index in [2.05, 4.69) is 0 Å². The third-order valence-corrected chi connectivity index (χ3v) is 1.53. The highest BCUT2D eigenvalue weighted by atomic mass is 16.5. The van der Waals surface area contributed by atoms with Gasteiger partial charge in [-0.3, -0.25) is 0 Å². The van der Waals surface area contributed by atoms with Crippen LogP contribution in [0.3, 0.4) is 0 Å². The first-order valence-corrected chi connectivity index (χ1v) is 4.37. The summed E-state index contributed by atoms with van der Waals surface area (Å²) in [6.07, 6.45) is 0.758. The van der Waals surface area contributed by atoms with Crippen LogP contribution >= 0.6 is 0 Å². The van der Waals surface area contributed by atoms with Gasteiger partial charge in [-0.2, -0.15) is 0 Å². The van der Waals surface area contributed by atoms with E-state index in [1.807, 2.05) is 6.92 Å². The van der Waals surface area contributed by atoms with Gasteiger partial charge in [-0.05, 0) is 12.8 Å². The number of carbonyl (C=O) groups is 2. The highest BCUT2D eigenvalue weighted by Crippen LogP contribution is 2.11. The second kappa shape index (κ2) is 6.01. The summed E-state index contributed by atoms with van der Waals surface area (Å²) in [5.41, 5.74) is -0.203. The Balaban J connectivity index is 4.89. The third-order valence-electron chi connectivity index (χ3n) is 1.53.